The Bertz CT molecular complexity index is 395. The molecule has 0 heterocycles. The first kappa shape index (κ1) is 15.1. The normalized spacial score (nSPS) is 13.4. The molecule has 0 amide bonds. The van der Waals surface area contributed by atoms with E-state index in [4.69, 9.17) is 22.1 Å². The third kappa shape index (κ3) is 4.74. The first-order valence-corrected chi connectivity index (χ1v) is 5.87. The van der Waals surface area contributed by atoms with E-state index in [-0.39, 0.29) is 12.8 Å². The zero-order valence-corrected chi connectivity index (χ0v) is 10.7. The number of alkyl halides is 3. The van der Waals surface area contributed by atoms with Gasteiger partial charge in [-0.2, -0.15) is 13.2 Å². The van der Waals surface area contributed by atoms with Crippen LogP contribution >= 0.6 is 11.6 Å². The highest BCUT2D eigenvalue weighted by Crippen LogP contribution is 2.31. The second-order valence-corrected chi connectivity index (χ2v) is 4.44. The SMILES string of the molecule is COc1cc(Cl)ccc1C(N)CCCC(F)(F)F. The first-order valence-electron chi connectivity index (χ1n) is 5.49. The zero-order valence-electron chi connectivity index (χ0n) is 9.93. The van der Waals surface area contributed by atoms with Gasteiger partial charge in [0.25, 0.3) is 0 Å². The van der Waals surface area contributed by atoms with Crippen LogP contribution in [-0.4, -0.2) is 13.3 Å². The third-order valence-electron chi connectivity index (χ3n) is 2.57. The number of rotatable bonds is 5. The summed E-state index contributed by atoms with van der Waals surface area (Å²) in [6.45, 7) is 0. The number of nitrogens with two attached hydrogens (primary N) is 1. The third-order valence-corrected chi connectivity index (χ3v) is 2.81. The number of methoxy groups -OCH3 is 1. The van der Waals surface area contributed by atoms with E-state index >= 15 is 0 Å². The van der Waals surface area contributed by atoms with Crippen molar-refractivity contribution < 1.29 is 17.9 Å². The van der Waals surface area contributed by atoms with Crippen LogP contribution in [0.5, 0.6) is 5.75 Å². The maximum absolute atomic E-state index is 12.0. The summed E-state index contributed by atoms with van der Waals surface area (Å²) in [5, 5.41) is 0.498. The fraction of sp³-hybridized carbons (Fsp3) is 0.500. The molecule has 2 N–H and O–H groups in total. The van der Waals surface area contributed by atoms with Gasteiger partial charge in [-0.3, -0.25) is 0 Å². The topological polar surface area (TPSA) is 35.2 Å². The number of ether oxygens (including phenoxy) is 1. The summed E-state index contributed by atoms with van der Waals surface area (Å²) in [7, 11) is 1.47. The lowest BCUT2D eigenvalue weighted by Crippen LogP contribution is -2.14. The van der Waals surface area contributed by atoms with E-state index in [9.17, 15) is 13.2 Å². The molecular formula is C12H15ClF3NO. The first-order chi connectivity index (χ1) is 8.33. The van der Waals surface area contributed by atoms with Crippen molar-refractivity contribution in [1.29, 1.82) is 0 Å². The highest BCUT2D eigenvalue weighted by Gasteiger charge is 2.26. The van der Waals surface area contributed by atoms with Crippen molar-refractivity contribution >= 4 is 11.6 Å². The highest BCUT2D eigenvalue weighted by molar-refractivity contribution is 6.30. The summed E-state index contributed by atoms with van der Waals surface area (Å²) in [5.41, 5.74) is 6.53. The zero-order chi connectivity index (χ0) is 13.8. The average Bonchev–Trinajstić information content (AvgIpc) is 2.26. The van der Waals surface area contributed by atoms with Crippen LogP contribution in [0.4, 0.5) is 13.2 Å². The van der Waals surface area contributed by atoms with Gasteiger partial charge in [0, 0.05) is 23.0 Å². The molecule has 1 rings (SSSR count). The minimum atomic E-state index is -4.14. The predicted molar refractivity (Wildman–Crippen MR) is 64.8 cm³/mol. The van der Waals surface area contributed by atoms with Crippen LogP contribution in [0.15, 0.2) is 18.2 Å². The van der Waals surface area contributed by atoms with E-state index in [1.807, 2.05) is 0 Å². The Labute approximate surface area is 109 Å². The standard InChI is InChI=1S/C12H15ClF3NO/c1-18-11-7-8(13)4-5-9(11)10(17)3-2-6-12(14,15)16/h4-5,7,10H,2-3,6,17H2,1H3. The molecule has 2 nitrogen and oxygen atoms in total. The highest BCUT2D eigenvalue weighted by atomic mass is 35.5. The summed E-state index contributed by atoms with van der Waals surface area (Å²) in [5.74, 6) is 0.502. The molecular weight excluding hydrogens is 267 g/mol. The smallest absolute Gasteiger partial charge is 0.389 e. The minimum absolute atomic E-state index is 0.00352. The van der Waals surface area contributed by atoms with Crippen molar-refractivity contribution in [2.75, 3.05) is 7.11 Å². The molecule has 0 bridgehead atoms. The van der Waals surface area contributed by atoms with Crippen molar-refractivity contribution in [3.63, 3.8) is 0 Å². The van der Waals surface area contributed by atoms with Gasteiger partial charge in [-0.05, 0) is 25.0 Å². The molecule has 0 aromatic heterocycles. The summed E-state index contributed by atoms with van der Waals surface area (Å²) < 4.78 is 41.2. The molecule has 0 spiro atoms. The van der Waals surface area contributed by atoms with Crippen molar-refractivity contribution in [1.82, 2.24) is 0 Å². The van der Waals surface area contributed by atoms with E-state index in [1.54, 1.807) is 18.2 Å². The lowest BCUT2D eigenvalue weighted by molar-refractivity contribution is -0.135. The van der Waals surface area contributed by atoms with Crippen LogP contribution in [0.1, 0.15) is 30.9 Å². The summed E-state index contributed by atoms with van der Waals surface area (Å²) in [4.78, 5) is 0. The lowest BCUT2D eigenvalue weighted by atomic mass is 10.0. The van der Waals surface area contributed by atoms with Crippen molar-refractivity contribution in [2.24, 2.45) is 5.73 Å². The lowest BCUT2D eigenvalue weighted by Gasteiger charge is -2.16. The van der Waals surface area contributed by atoms with E-state index in [0.29, 0.717) is 16.3 Å². The molecule has 0 fully saturated rings. The Balaban J connectivity index is 2.64. The molecule has 0 aliphatic carbocycles. The molecule has 0 saturated heterocycles. The van der Waals surface area contributed by atoms with Crippen LogP contribution in [0, 0.1) is 0 Å². The fourth-order valence-electron chi connectivity index (χ4n) is 1.67. The van der Waals surface area contributed by atoms with Gasteiger partial charge in [0.1, 0.15) is 5.75 Å². The summed E-state index contributed by atoms with van der Waals surface area (Å²) in [6.07, 6.45) is -4.71. The van der Waals surface area contributed by atoms with Crippen LogP contribution in [0.25, 0.3) is 0 Å². The molecule has 0 aliphatic heterocycles. The van der Waals surface area contributed by atoms with Gasteiger partial charge in [-0.1, -0.05) is 17.7 Å². The Hall–Kier alpha value is -0.940. The molecule has 6 heteroatoms. The van der Waals surface area contributed by atoms with Crippen LogP contribution in [0.3, 0.4) is 0 Å². The Morgan fingerprint density at radius 2 is 2.06 bits per heavy atom. The molecule has 0 aliphatic rings. The maximum Gasteiger partial charge on any atom is 0.389 e. The summed E-state index contributed by atoms with van der Waals surface area (Å²) >= 11 is 5.79. The number of benzene rings is 1. The Kier molecular flexibility index (Phi) is 5.28. The van der Waals surface area contributed by atoms with E-state index < -0.39 is 18.6 Å². The van der Waals surface area contributed by atoms with Gasteiger partial charge in [-0.25, -0.2) is 0 Å². The largest absolute Gasteiger partial charge is 0.496 e. The molecule has 0 saturated carbocycles. The second kappa shape index (κ2) is 6.29. The molecule has 1 aromatic carbocycles. The second-order valence-electron chi connectivity index (χ2n) is 4.00. The predicted octanol–water partition coefficient (Wildman–Crippen LogP) is 4.08. The van der Waals surface area contributed by atoms with E-state index in [2.05, 4.69) is 0 Å². The van der Waals surface area contributed by atoms with Crippen LogP contribution < -0.4 is 10.5 Å². The van der Waals surface area contributed by atoms with Gasteiger partial charge >= 0.3 is 6.18 Å². The molecule has 18 heavy (non-hydrogen) atoms. The number of halogens is 4. The van der Waals surface area contributed by atoms with Crippen molar-refractivity contribution in [3.8, 4) is 5.75 Å². The molecule has 1 unspecified atom stereocenters. The maximum atomic E-state index is 12.0. The van der Waals surface area contributed by atoms with Gasteiger partial charge in [-0.15, -0.1) is 0 Å². The molecule has 1 aromatic rings. The van der Waals surface area contributed by atoms with Gasteiger partial charge < -0.3 is 10.5 Å². The number of hydrogen-bond acceptors (Lipinski definition) is 2. The van der Waals surface area contributed by atoms with Crippen LogP contribution in [0.2, 0.25) is 5.02 Å². The van der Waals surface area contributed by atoms with Gasteiger partial charge in [0.05, 0.1) is 7.11 Å². The minimum Gasteiger partial charge on any atom is -0.496 e. The monoisotopic (exact) mass is 281 g/mol. The Morgan fingerprint density at radius 1 is 1.39 bits per heavy atom. The van der Waals surface area contributed by atoms with E-state index in [1.165, 1.54) is 7.11 Å². The fourth-order valence-corrected chi connectivity index (χ4v) is 1.83. The van der Waals surface area contributed by atoms with Gasteiger partial charge in [0.2, 0.25) is 0 Å². The van der Waals surface area contributed by atoms with E-state index in [0.717, 1.165) is 0 Å². The summed E-state index contributed by atoms with van der Waals surface area (Å²) in [6, 6.07) is 4.43. The molecule has 1 atom stereocenters. The molecule has 0 radical (unpaired) electrons. The van der Waals surface area contributed by atoms with Crippen LogP contribution in [-0.2, 0) is 0 Å². The van der Waals surface area contributed by atoms with Crippen molar-refractivity contribution in [3.05, 3.63) is 28.8 Å². The van der Waals surface area contributed by atoms with Crippen molar-refractivity contribution in [2.45, 2.75) is 31.5 Å². The quantitative estimate of drug-likeness (QED) is 0.882. The Morgan fingerprint density at radius 3 is 2.61 bits per heavy atom. The van der Waals surface area contributed by atoms with Gasteiger partial charge in [0.15, 0.2) is 0 Å². The number of hydrogen-bond donors (Lipinski definition) is 1. The molecule has 102 valence electrons. The average molecular weight is 282 g/mol.